The third kappa shape index (κ3) is 3.69. The number of anilines is 1. The lowest BCUT2D eigenvalue weighted by atomic mass is 10.0. The molecule has 10 heteroatoms. The summed E-state index contributed by atoms with van der Waals surface area (Å²) in [5, 5.41) is 9.69. The Balaban J connectivity index is 1.76. The van der Waals surface area contributed by atoms with Gasteiger partial charge in [-0.1, -0.05) is 6.07 Å². The van der Waals surface area contributed by atoms with E-state index in [4.69, 9.17) is 5.73 Å². The number of rotatable bonds is 3. The van der Waals surface area contributed by atoms with Crippen LogP contribution in [0.3, 0.4) is 0 Å². The van der Waals surface area contributed by atoms with Gasteiger partial charge in [0.25, 0.3) is 0 Å². The Morgan fingerprint density at radius 2 is 2.12 bits per heavy atom. The second kappa shape index (κ2) is 6.45. The van der Waals surface area contributed by atoms with Gasteiger partial charge < -0.3 is 16.4 Å². The number of hydrogen-bond acceptors (Lipinski definition) is 6. The van der Waals surface area contributed by atoms with Crippen LogP contribution in [0, 0.1) is 6.92 Å². The van der Waals surface area contributed by atoms with Crippen LogP contribution < -0.4 is 16.4 Å². The molecule has 0 amide bonds. The molecule has 0 saturated carbocycles. The Bertz CT molecular complexity index is 850. The van der Waals surface area contributed by atoms with Crippen LogP contribution in [-0.4, -0.2) is 32.6 Å². The summed E-state index contributed by atoms with van der Waals surface area (Å²) in [6.45, 7) is 3.51. The van der Waals surface area contributed by atoms with E-state index in [9.17, 15) is 13.2 Å². The predicted octanol–water partition coefficient (Wildman–Crippen LogP) is 2.13. The Kier molecular flexibility index (Phi) is 4.45. The van der Waals surface area contributed by atoms with Crippen molar-refractivity contribution in [2.24, 2.45) is 10.7 Å². The third-order valence-electron chi connectivity index (χ3n) is 3.94. The lowest BCUT2D eigenvalue weighted by Crippen LogP contribution is -2.49. The Morgan fingerprint density at radius 1 is 1.35 bits per heavy atom. The Morgan fingerprint density at radius 3 is 2.73 bits per heavy atom. The van der Waals surface area contributed by atoms with Crippen molar-refractivity contribution in [1.29, 1.82) is 0 Å². The van der Waals surface area contributed by atoms with Crippen LogP contribution >= 0.6 is 0 Å². The van der Waals surface area contributed by atoms with Gasteiger partial charge in [-0.05, 0) is 26.0 Å². The highest BCUT2D eigenvalue weighted by Gasteiger charge is 2.45. The molecule has 0 fully saturated rings. The van der Waals surface area contributed by atoms with E-state index < -0.39 is 17.4 Å². The molecule has 0 spiro atoms. The molecule has 3 heterocycles. The van der Waals surface area contributed by atoms with Gasteiger partial charge in [-0.15, -0.1) is 0 Å². The fourth-order valence-electron chi connectivity index (χ4n) is 2.55. The summed E-state index contributed by atoms with van der Waals surface area (Å²) >= 11 is 0. The average molecular weight is 365 g/mol. The van der Waals surface area contributed by atoms with Crippen molar-refractivity contribution in [3.8, 4) is 0 Å². The minimum atomic E-state index is -4.56. The van der Waals surface area contributed by atoms with Crippen LogP contribution in [0.2, 0.25) is 0 Å². The highest BCUT2D eigenvalue weighted by atomic mass is 19.4. The van der Waals surface area contributed by atoms with Crippen molar-refractivity contribution in [3.63, 3.8) is 0 Å². The largest absolute Gasteiger partial charge is 0.417 e. The van der Waals surface area contributed by atoms with Gasteiger partial charge in [-0.3, -0.25) is 9.67 Å². The quantitative estimate of drug-likeness (QED) is 0.775. The minimum Gasteiger partial charge on any atom is -0.332 e. The zero-order chi connectivity index (χ0) is 18.9. The van der Waals surface area contributed by atoms with Gasteiger partial charge in [0.1, 0.15) is 5.66 Å². The van der Waals surface area contributed by atoms with Crippen LogP contribution in [0.5, 0.6) is 0 Å². The standard InChI is InChI=1S/C16H18F3N7/c1-10-12(7-23-26(10)9-11-5-3-4-6-21-11)24-14-22-8-13(16(17,18)19)15(2,20)25-14/h3-8H,9,20H2,1-2H3,(H2,22,24,25). The second-order valence-electron chi connectivity index (χ2n) is 6.06. The molecule has 2 aromatic rings. The van der Waals surface area contributed by atoms with Gasteiger partial charge >= 0.3 is 6.18 Å². The number of nitrogens with two attached hydrogens (primary N) is 1. The van der Waals surface area contributed by atoms with Crippen molar-refractivity contribution in [1.82, 2.24) is 20.1 Å². The van der Waals surface area contributed by atoms with E-state index in [1.807, 2.05) is 25.1 Å². The molecule has 2 aromatic heterocycles. The Hall–Kier alpha value is -2.88. The van der Waals surface area contributed by atoms with E-state index >= 15 is 0 Å². The number of alkyl halides is 3. The van der Waals surface area contributed by atoms with Crippen molar-refractivity contribution < 1.29 is 13.2 Å². The Labute approximate surface area is 147 Å². The van der Waals surface area contributed by atoms with Gasteiger partial charge in [-0.2, -0.15) is 18.3 Å². The van der Waals surface area contributed by atoms with Gasteiger partial charge in [-0.25, -0.2) is 4.99 Å². The maximum Gasteiger partial charge on any atom is 0.417 e. The molecule has 1 aliphatic rings. The molecule has 0 aromatic carbocycles. The lowest BCUT2D eigenvalue weighted by molar-refractivity contribution is -0.100. The molecule has 1 unspecified atom stereocenters. The zero-order valence-electron chi connectivity index (χ0n) is 14.2. The lowest BCUT2D eigenvalue weighted by Gasteiger charge is -2.30. The van der Waals surface area contributed by atoms with Crippen LogP contribution in [0.15, 0.2) is 47.4 Å². The number of nitrogens with zero attached hydrogens (tertiary/aromatic N) is 4. The number of hydrogen-bond donors (Lipinski definition) is 3. The van der Waals surface area contributed by atoms with Crippen molar-refractivity contribution >= 4 is 11.6 Å². The fraction of sp³-hybridized carbons (Fsp3) is 0.312. The summed E-state index contributed by atoms with van der Waals surface area (Å²) in [4.78, 5) is 8.17. The summed E-state index contributed by atoms with van der Waals surface area (Å²) in [7, 11) is 0. The smallest absolute Gasteiger partial charge is 0.332 e. The molecule has 138 valence electrons. The molecule has 1 atom stereocenters. The summed E-state index contributed by atoms with van der Waals surface area (Å²) in [6.07, 6.45) is -0.474. The number of halogens is 3. The first-order chi connectivity index (χ1) is 12.2. The number of aliphatic imine (C=N–C) groups is 1. The summed E-state index contributed by atoms with van der Waals surface area (Å²) in [6, 6.07) is 5.59. The van der Waals surface area contributed by atoms with Crippen LogP contribution in [-0.2, 0) is 6.54 Å². The normalized spacial score (nSPS) is 20.2. The van der Waals surface area contributed by atoms with E-state index in [0.29, 0.717) is 12.2 Å². The maximum absolute atomic E-state index is 13.0. The monoisotopic (exact) mass is 365 g/mol. The van der Waals surface area contributed by atoms with Crippen molar-refractivity contribution in [2.75, 3.05) is 5.32 Å². The van der Waals surface area contributed by atoms with Crippen molar-refractivity contribution in [3.05, 3.63) is 53.8 Å². The molecule has 1 aliphatic heterocycles. The van der Waals surface area contributed by atoms with E-state index in [1.54, 1.807) is 17.1 Å². The fourth-order valence-corrected chi connectivity index (χ4v) is 2.55. The molecular formula is C16H18F3N7. The number of pyridine rings is 1. The highest BCUT2D eigenvalue weighted by Crippen LogP contribution is 2.34. The molecule has 0 aliphatic carbocycles. The summed E-state index contributed by atoms with van der Waals surface area (Å²) in [5.41, 5.74) is 5.11. The summed E-state index contributed by atoms with van der Waals surface area (Å²) in [5.74, 6) is 0.114. The van der Waals surface area contributed by atoms with Crippen LogP contribution in [0.25, 0.3) is 0 Å². The SMILES string of the molecule is Cc1c(NC2=NC(C)(N)C(C(F)(F)F)=CN2)cnn1Cc1ccccn1. The first-order valence-electron chi connectivity index (χ1n) is 7.79. The van der Waals surface area contributed by atoms with Crippen LogP contribution in [0.1, 0.15) is 18.3 Å². The van der Waals surface area contributed by atoms with E-state index in [-0.39, 0.29) is 5.96 Å². The third-order valence-corrected chi connectivity index (χ3v) is 3.94. The van der Waals surface area contributed by atoms with Crippen LogP contribution in [0.4, 0.5) is 18.9 Å². The van der Waals surface area contributed by atoms with E-state index in [0.717, 1.165) is 17.6 Å². The number of nitrogens with one attached hydrogen (secondary N) is 2. The molecule has 0 radical (unpaired) electrons. The van der Waals surface area contributed by atoms with Crippen molar-refractivity contribution in [2.45, 2.75) is 32.2 Å². The van der Waals surface area contributed by atoms with Gasteiger partial charge in [0, 0.05) is 12.4 Å². The second-order valence-corrected chi connectivity index (χ2v) is 6.06. The molecule has 0 saturated heterocycles. The minimum absolute atomic E-state index is 0.114. The van der Waals surface area contributed by atoms with Gasteiger partial charge in [0.05, 0.1) is 35.4 Å². The molecule has 0 bridgehead atoms. The first-order valence-corrected chi connectivity index (χ1v) is 7.79. The van der Waals surface area contributed by atoms with Gasteiger partial charge in [0.15, 0.2) is 0 Å². The average Bonchev–Trinajstić information content (AvgIpc) is 2.87. The molecule has 4 N–H and O–H groups in total. The van der Waals surface area contributed by atoms with E-state index in [1.165, 1.54) is 6.92 Å². The van der Waals surface area contributed by atoms with E-state index in [2.05, 4.69) is 25.7 Å². The topological polar surface area (TPSA) is 93.1 Å². The molecule has 3 rings (SSSR count). The number of aromatic nitrogens is 3. The molecule has 7 nitrogen and oxygen atoms in total. The zero-order valence-corrected chi connectivity index (χ0v) is 14.2. The first kappa shape index (κ1) is 17.9. The maximum atomic E-state index is 13.0. The highest BCUT2D eigenvalue weighted by molar-refractivity contribution is 5.95. The molecular weight excluding hydrogens is 347 g/mol. The van der Waals surface area contributed by atoms with Gasteiger partial charge in [0.2, 0.25) is 5.96 Å². The summed E-state index contributed by atoms with van der Waals surface area (Å²) < 4.78 is 40.6. The number of guanidine groups is 1. The molecule has 26 heavy (non-hydrogen) atoms. The predicted molar refractivity (Wildman–Crippen MR) is 91.2 cm³/mol.